The SMILES string of the molecule is CCOc1ccc(S(=O)(=O)N[C@@H](C)C(=O)Nc2ccc(F)c(F)c2)cc1. The quantitative estimate of drug-likeness (QED) is 0.769. The number of ether oxygens (including phenoxy) is 1. The normalized spacial score (nSPS) is 12.5. The van der Waals surface area contributed by atoms with Gasteiger partial charge < -0.3 is 10.1 Å². The van der Waals surface area contributed by atoms with Gasteiger partial charge in [0, 0.05) is 11.8 Å². The summed E-state index contributed by atoms with van der Waals surface area (Å²) in [5.74, 6) is -2.36. The Kier molecular flexibility index (Phi) is 6.27. The van der Waals surface area contributed by atoms with Gasteiger partial charge in [-0.15, -0.1) is 0 Å². The first-order valence-electron chi connectivity index (χ1n) is 7.74. The van der Waals surface area contributed by atoms with Crippen molar-refractivity contribution in [3.8, 4) is 5.75 Å². The molecule has 0 heterocycles. The number of benzene rings is 2. The van der Waals surface area contributed by atoms with Crippen molar-refractivity contribution in [2.24, 2.45) is 0 Å². The Bertz CT molecular complexity index is 886. The summed E-state index contributed by atoms with van der Waals surface area (Å²) >= 11 is 0. The summed E-state index contributed by atoms with van der Waals surface area (Å²) in [6.45, 7) is 3.59. The van der Waals surface area contributed by atoms with E-state index in [1.54, 1.807) is 6.92 Å². The second-order valence-corrected chi connectivity index (χ2v) is 7.08. The van der Waals surface area contributed by atoms with Crippen LogP contribution in [-0.4, -0.2) is 27.0 Å². The molecule has 0 aliphatic rings. The largest absolute Gasteiger partial charge is 0.494 e. The number of hydrogen-bond donors (Lipinski definition) is 2. The number of hydrogen-bond acceptors (Lipinski definition) is 4. The van der Waals surface area contributed by atoms with Crippen molar-refractivity contribution in [1.82, 2.24) is 4.72 Å². The molecule has 1 atom stereocenters. The summed E-state index contributed by atoms with van der Waals surface area (Å²) in [6.07, 6.45) is 0. The lowest BCUT2D eigenvalue weighted by molar-refractivity contribution is -0.117. The number of carbonyl (C=O) groups excluding carboxylic acids is 1. The van der Waals surface area contributed by atoms with Gasteiger partial charge >= 0.3 is 0 Å². The van der Waals surface area contributed by atoms with Crippen LogP contribution in [0.15, 0.2) is 47.4 Å². The Morgan fingerprint density at radius 3 is 2.35 bits per heavy atom. The summed E-state index contributed by atoms with van der Waals surface area (Å²) in [7, 11) is -3.94. The van der Waals surface area contributed by atoms with Gasteiger partial charge in [0.2, 0.25) is 15.9 Å². The summed E-state index contributed by atoms with van der Waals surface area (Å²) in [5, 5.41) is 2.32. The summed E-state index contributed by atoms with van der Waals surface area (Å²) in [6, 6.07) is 7.42. The van der Waals surface area contributed by atoms with E-state index < -0.39 is 33.6 Å². The second-order valence-electron chi connectivity index (χ2n) is 5.37. The molecule has 0 saturated heterocycles. The van der Waals surface area contributed by atoms with Crippen molar-refractivity contribution in [2.45, 2.75) is 24.8 Å². The van der Waals surface area contributed by atoms with Gasteiger partial charge in [-0.2, -0.15) is 4.72 Å². The highest BCUT2D eigenvalue weighted by Crippen LogP contribution is 2.17. The maximum Gasteiger partial charge on any atom is 0.242 e. The van der Waals surface area contributed by atoms with E-state index in [0.717, 1.165) is 12.1 Å². The number of sulfonamides is 1. The van der Waals surface area contributed by atoms with Crippen LogP contribution in [0, 0.1) is 11.6 Å². The van der Waals surface area contributed by atoms with Crippen LogP contribution < -0.4 is 14.8 Å². The van der Waals surface area contributed by atoms with Crippen LogP contribution in [0.3, 0.4) is 0 Å². The zero-order valence-corrected chi connectivity index (χ0v) is 14.9. The van der Waals surface area contributed by atoms with E-state index in [0.29, 0.717) is 12.4 Å². The Hall–Kier alpha value is -2.52. The molecule has 6 nitrogen and oxygen atoms in total. The number of nitrogens with one attached hydrogen (secondary N) is 2. The highest BCUT2D eigenvalue weighted by Gasteiger charge is 2.22. The predicted octanol–water partition coefficient (Wildman–Crippen LogP) is 2.67. The van der Waals surface area contributed by atoms with Crippen LogP contribution in [-0.2, 0) is 14.8 Å². The Morgan fingerprint density at radius 2 is 1.77 bits per heavy atom. The number of rotatable bonds is 7. The van der Waals surface area contributed by atoms with Gasteiger partial charge in [0.05, 0.1) is 17.5 Å². The van der Waals surface area contributed by atoms with E-state index in [4.69, 9.17) is 4.74 Å². The first kappa shape index (κ1) is 19.8. The Balaban J connectivity index is 2.05. The zero-order chi connectivity index (χ0) is 19.3. The summed E-state index contributed by atoms with van der Waals surface area (Å²) in [4.78, 5) is 12.0. The lowest BCUT2D eigenvalue weighted by Crippen LogP contribution is -2.41. The molecule has 0 aliphatic heterocycles. The Morgan fingerprint density at radius 1 is 1.12 bits per heavy atom. The van der Waals surface area contributed by atoms with Gasteiger partial charge in [-0.3, -0.25) is 4.79 Å². The van der Waals surface area contributed by atoms with E-state index in [1.807, 2.05) is 0 Å². The zero-order valence-electron chi connectivity index (χ0n) is 14.1. The topological polar surface area (TPSA) is 84.5 Å². The van der Waals surface area contributed by atoms with Gasteiger partial charge in [-0.05, 0) is 50.2 Å². The predicted molar refractivity (Wildman–Crippen MR) is 92.4 cm³/mol. The summed E-state index contributed by atoms with van der Waals surface area (Å²) in [5.41, 5.74) is 0.0148. The first-order valence-corrected chi connectivity index (χ1v) is 9.22. The third-order valence-corrected chi connectivity index (χ3v) is 4.91. The highest BCUT2D eigenvalue weighted by atomic mass is 32.2. The number of carbonyl (C=O) groups is 1. The minimum Gasteiger partial charge on any atom is -0.494 e. The number of halogens is 2. The van der Waals surface area contributed by atoms with Crippen LogP contribution in [0.2, 0.25) is 0 Å². The maximum atomic E-state index is 13.2. The standard InChI is InChI=1S/C17H18F2N2O4S/c1-3-25-13-5-7-14(8-6-13)26(23,24)21-11(2)17(22)20-12-4-9-15(18)16(19)10-12/h4-11,21H,3H2,1-2H3,(H,20,22)/t11-/m0/s1. The molecular formula is C17H18F2N2O4S. The van der Waals surface area contributed by atoms with Crippen molar-refractivity contribution in [3.63, 3.8) is 0 Å². The first-order chi connectivity index (χ1) is 12.2. The third kappa shape index (κ3) is 4.99. The average Bonchev–Trinajstić information content (AvgIpc) is 2.58. The lowest BCUT2D eigenvalue weighted by atomic mass is 10.2. The van der Waals surface area contributed by atoms with Crippen molar-refractivity contribution >= 4 is 21.6 Å². The molecule has 0 bridgehead atoms. The molecule has 0 saturated carbocycles. The smallest absolute Gasteiger partial charge is 0.242 e. The molecule has 0 radical (unpaired) electrons. The molecule has 9 heteroatoms. The second kappa shape index (κ2) is 8.24. The molecule has 0 aromatic heterocycles. The van der Waals surface area contributed by atoms with Crippen molar-refractivity contribution in [1.29, 1.82) is 0 Å². The molecule has 0 aliphatic carbocycles. The van der Waals surface area contributed by atoms with Crippen LogP contribution >= 0.6 is 0 Å². The van der Waals surface area contributed by atoms with E-state index in [9.17, 15) is 22.0 Å². The molecule has 0 unspecified atom stereocenters. The van der Waals surface area contributed by atoms with Crippen LogP contribution in [0.5, 0.6) is 5.75 Å². The summed E-state index contributed by atoms with van der Waals surface area (Å²) < 4.78 is 58.2. The van der Waals surface area contributed by atoms with E-state index in [-0.39, 0.29) is 10.6 Å². The fourth-order valence-corrected chi connectivity index (χ4v) is 3.26. The van der Waals surface area contributed by atoms with Crippen molar-refractivity contribution in [2.75, 3.05) is 11.9 Å². The Labute approximate surface area is 150 Å². The molecule has 0 fully saturated rings. The van der Waals surface area contributed by atoms with Crippen molar-refractivity contribution < 1.29 is 26.7 Å². The van der Waals surface area contributed by atoms with E-state index in [2.05, 4.69) is 10.0 Å². The van der Waals surface area contributed by atoms with Crippen LogP contribution in [0.1, 0.15) is 13.8 Å². The fraction of sp³-hybridized carbons (Fsp3) is 0.235. The monoisotopic (exact) mass is 384 g/mol. The average molecular weight is 384 g/mol. The molecule has 2 N–H and O–H groups in total. The molecule has 1 amide bonds. The molecule has 2 aromatic carbocycles. The maximum absolute atomic E-state index is 13.2. The highest BCUT2D eigenvalue weighted by molar-refractivity contribution is 7.89. The fourth-order valence-electron chi connectivity index (χ4n) is 2.06. The van der Waals surface area contributed by atoms with Crippen molar-refractivity contribution in [3.05, 3.63) is 54.1 Å². The minimum atomic E-state index is -3.94. The minimum absolute atomic E-state index is 0.0148. The lowest BCUT2D eigenvalue weighted by Gasteiger charge is -2.15. The van der Waals surface area contributed by atoms with E-state index in [1.165, 1.54) is 37.3 Å². The van der Waals surface area contributed by atoms with Gasteiger partial charge in [0.15, 0.2) is 11.6 Å². The number of anilines is 1. The van der Waals surface area contributed by atoms with Gasteiger partial charge in [-0.25, -0.2) is 17.2 Å². The van der Waals surface area contributed by atoms with Gasteiger partial charge in [0.25, 0.3) is 0 Å². The molecule has 0 spiro atoms. The van der Waals surface area contributed by atoms with Crippen LogP contribution in [0.4, 0.5) is 14.5 Å². The van der Waals surface area contributed by atoms with E-state index >= 15 is 0 Å². The molecule has 26 heavy (non-hydrogen) atoms. The molecule has 2 rings (SSSR count). The third-order valence-electron chi connectivity index (χ3n) is 3.36. The molecular weight excluding hydrogens is 366 g/mol. The molecule has 140 valence electrons. The molecule has 2 aromatic rings. The van der Waals surface area contributed by atoms with Gasteiger partial charge in [0.1, 0.15) is 5.75 Å². The number of amides is 1. The van der Waals surface area contributed by atoms with Crippen LogP contribution in [0.25, 0.3) is 0 Å². The van der Waals surface area contributed by atoms with Gasteiger partial charge in [-0.1, -0.05) is 0 Å².